The molecule has 9 nitrogen and oxygen atoms in total. The third-order valence-corrected chi connectivity index (χ3v) is 7.75. The van der Waals surface area contributed by atoms with Gasteiger partial charge in [-0.3, -0.25) is 14.6 Å². The van der Waals surface area contributed by atoms with Crippen molar-refractivity contribution in [1.82, 2.24) is 14.8 Å². The van der Waals surface area contributed by atoms with Gasteiger partial charge in [-0.1, -0.05) is 17.7 Å². The van der Waals surface area contributed by atoms with Crippen molar-refractivity contribution in [1.29, 1.82) is 0 Å². The molecule has 0 bridgehead atoms. The first-order valence-electron chi connectivity index (χ1n) is 13.5. The molecule has 0 aliphatic carbocycles. The predicted molar refractivity (Wildman–Crippen MR) is 165 cm³/mol. The molecule has 0 spiro atoms. The van der Waals surface area contributed by atoms with E-state index in [4.69, 9.17) is 16.3 Å². The summed E-state index contributed by atoms with van der Waals surface area (Å²) >= 11 is 6.53. The first-order chi connectivity index (χ1) is 20.0. The van der Waals surface area contributed by atoms with E-state index in [0.717, 1.165) is 18.8 Å². The van der Waals surface area contributed by atoms with Gasteiger partial charge in [-0.15, -0.1) is 0 Å². The highest BCUT2D eigenvalue weighted by molar-refractivity contribution is 6.34. The zero-order valence-corrected chi connectivity index (χ0v) is 25.3. The number of ether oxygens (including phenoxy) is 1. The van der Waals surface area contributed by atoms with Crippen molar-refractivity contribution in [3.63, 3.8) is 0 Å². The molecule has 0 saturated carbocycles. The van der Waals surface area contributed by atoms with Gasteiger partial charge >= 0.3 is 0 Å². The Kier molecular flexibility index (Phi) is 9.60. The van der Waals surface area contributed by atoms with Crippen LogP contribution in [-0.2, 0) is 4.79 Å². The Balaban J connectivity index is 1.69. The molecule has 2 N–H and O–H groups in total. The van der Waals surface area contributed by atoms with Crippen LogP contribution >= 0.6 is 11.6 Å². The largest absolute Gasteiger partial charge is 0.507 e. The quantitative estimate of drug-likeness (QED) is 0.322. The number of halogens is 2. The number of aliphatic hydroxyl groups excluding tert-OH is 1. The number of rotatable bonds is 10. The van der Waals surface area contributed by atoms with E-state index in [2.05, 4.69) is 14.8 Å². The Hall–Kier alpha value is -3.86. The second kappa shape index (κ2) is 13.0. The zero-order chi connectivity index (χ0) is 30.6. The number of anilines is 2. The lowest BCUT2D eigenvalue weighted by atomic mass is 9.97. The second-order valence-electron chi connectivity index (χ2n) is 11.0. The fourth-order valence-electron chi connectivity index (χ4n) is 4.92. The summed E-state index contributed by atoms with van der Waals surface area (Å²) in [4.78, 5) is 23.6. The Labute approximate surface area is 251 Å². The van der Waals surface area contributed by atoms with Crippen molar-refractivity contribution in [2.45, 2.75) is 19.4 Å². The average Bonchev–Trinajstić information content (AvgIpc) is 2.98. The number of methoxy groups -OCH3 is 1. The molecule has 42 heavy (non-hydrogen) atoms. The number of hydrogen-bond acceptors (Lipinski definition) is 8. The molecule has 1 saturated heterocycles. The Morgan fingerprint density at radius 2 is 1.74 bits per heavy atom. The molecule has 1 aliphatic rings. The number of phenols is 1. The lowest BCUT2D eigenvalue weighted by Gasteiger charge is -2.44. The number of pyridine rings is 1. The SMILES string of the molecule is COc1ncc(-c2cc(F)cc(-c3ccc(N(C=O)/C=C\N(C)C)c(Cl)c3)c2O)cc1N1CCN(C(C)(C)CO)CC1. The number of aromatic nitrogens is 1. The fourth-order valence-corrected chi connectivity index (χ4v) is 5.20. The van der Waals surface area contributed by atoms with E-state index in [0.29, 0.717) is 42.2 Å². The monoisotopic (exact) mass is 597 g/mol. The van der Waals surface area contributed by atoms with Crippen molar-refractivity contribution < 1.29 is 24.1 Å². The van der Waals surface area contributed by atoms with Crippen molar-refractivity contribution in [3.8, 4) is 33.9 Å². The van der Waals surface area contributed by atoms with E-state index in [-0.39, 0.29) is 34.0 Å². The Morgan fingerprint density at radius 3 is 2.31 bits per heavy atom. The van der Waals surface area contributed by atoms with Crippen LogP contribution in [0, 0.1) is 5.82 Å². The maximum absolute atomic E-state index is 15.0. The summed E-state index contributed by atoms with van der Waals surface area (Å²) < 4.78 is 20.6. The average molecular weight is 598 g/mol. The number of aromatic hydroxyl groups is 1. The van der Waals surface area contributed by atoms with Gasteiger partial charge in [0.25, 0.3) is 0 Å². The van der Waals surface area contributed by atoms with Crippen molar-refractivity contribution in [2.24, 2.45) is 0 Å². The minimum Gasteiger partial charge on any atom is -0.507 e. The number of carbonyl (C=O) groups is 1. The molecule has 4 rings (SSSR count). The molecule has 0 atom stereocenters. The summed E-state index contributed by atoms with van der Waals surface area (Å²) in [6.45, 7) is 6.91. The molecular formula is C31H37ClFN5O4. The molecule has 2 aromatic carbocycles. The fraction of sp³-hybridized carbons (Fsp3) is 0.355. The van der Waals surface area contributed by atoms with Crippen molar-refractivity contribution in [2.75, 3.05) is 63.8 Å². The normalized spacial score (nSPS) is 14.3. The number of carbonyl (C=O) groups excluding carboxylic acids is 1. The molecule has 224 valence electrons. The van der Waals surface area contributed by atoms with Crippen LogP contribution in [0.15, 0.2) is 55.0 Å². The zero-order valence-electron chi connectivity index (χ0n) is 24.5. The highest BCUT2D eigenvalue weighted by atomic mass is 35.5. The molecule has 1 fully saturated rings. The highest BCUT2D eigenvalue weighted by Gasteiger charge is 2.30. The molecule has 2 heterocycles. The maximum Gasteiger partial charge on any atom is 0.237 e. The molecule has 11 heteroatoms. The smallest absolute Gasteiger partial charge is 0.237 e. The van der Waals surface area contributed by atoms with Crippen LogP contribution in [0.1, 0.15) is 13.8 Å². The van der Waals surface area contributed by atoms with Crippen LogP contribution in [0.4, 0.5) is 15.8 Å². The van der Waals surface area contributed by atoms with E-state index >= 15 is 4.39 Å². The van der Waals surface area contributed by atoms with Gasteiger partial charge in [-0.25, -0.2) is 9.37 Å². The summed E-state index contributed by atoms with van der Waals surface area (Å²) in [5, 5.41) is 21.4. The summed E-state index contributed by atoms with van der Waals surface area (Å²) in [7, 11) is 5.20. The van der Waals surface area contributed by atoms with Gasteiger partial charge in [-0.2, -0.15) is 0 Å². The minimum atomic E-state index is -0.543. The van der Waals surface area contributed by atoms with E-state index in [1.54, 1.807) is 48.8 Å². The number of amides is 1. The maximum atomic E-state index is 15.0. The van der Waals surface area contributed by atoms with Crippen molar-refractivity contribution in [3.05, 3.63) is 65.8 Å². The van der Waals surface area contributed by atoms with Gasteiger partial charge < -0.3 is 24.7 Å². The van der Waals surface area contributed by atoms with E-state index in [1.165, 1.54) is 17.0 Å². The van der Waals surface area contributed by atoms with Gasteiger partial charge in [0, 0.05) is 81.1 Å². The summed E-state index contributed by atoms with van der Waals surface area (Å²) in [5.74, 6) is -0.249. The van der Waals surface area contributed by atoms with Crippen LogP contribution in [-0.4, -0.2) is 90.9 Å². The number of phenolic OH excluding ortho intramolecular Hbond substituents is 1. The topological polar surface area (TPSA) is 92.6 Å². The van der Waals surface area contributed by atoms with Crippen LogP contribution in [0.25, 0.3) is 22.3 Å². The van der Waals surface area contributed by atoms with E-state index < -0.39 is 5.82 Å². The first-order valence-corrected chi connectivity index (χ1v) is 13.9. The second-order valence-corrected chi connectivity index (χ2v) is 11.4. The molecular weight excluding hydrogens is 561 g/mol. The molecule has 1 aromatic heterocycles. The summed E-state index contributed by atoms with van der Waals surface area (Å²) in [6, 6.07) is 9.25. The number of nitrogens with zero attached hydrogens (tertiary/aromatic N) is 5. The van der Waals surface area contributed by atoms with Gasteiger partial charge in [0.2, 0.25) is 12.3 Å². The van der Waals surface area contributed by atoms with Gasteiger partial charge in [0.15, 0.2) is 0 Å². The minimum absolute atomic E-state index is 0.0608. The summed E-state index contributed by atoms with van der Waals surface area (Å²) in [5.41, 5.74) is 2.36. The Morgan fingerprint density at radius 1 is 1.07 bits per heavy atom. The Bertz CT molecular complexity index is 1460. The van der Waals surface area contributed by atoms with Gasteiger partial charge in [-0.05, 0) is 49.7 Å². The number of hydrogen-bond donors (Lipinski definition) is 2. The van der Waals surface area contributed by atoms with Crippen molar-refractivity contribution >= 4 is 29.4 Å². The van der Waals surface area contributed by atoms with Crippen LogP contribution in [0.2, 0.25) is 5.02 Å². The van der Waals surface area contributed by atoms with E-state index in [9.17, 15) is 15.0 Å². The molecule has 3 aromatic rings. The first kappa shape index (κ1) is 31.1. The molecule has 0 radical (unpaired) electrons. The van der Waals surface area contributed by atoms with E-state index in [1.807, 2.05) is 34.0 Å². The van der Waals surface area contributed by atoms with Crippen LogP contribution in [0.3, 0.4) is 0 Å². The number of piperazine rings is 1. The third kappa shape index (κ3) is 6.61. The predicted octanol–water partition coefficient (Wildman–Crippen LogP) is 4.81. The van der Waals surface area contributed by atoms with Gasteiger partial charge in [0.05, 0.1) is 24.4 Å². The number of benzene rings is 2. The lowest BCUT2D eigenvalue weighted by molar-refractivity contribution is -0.107. The molecule has 0 unspecified atom stereocenters. The highest BCUT2D eigenvalue weighted by Crippen LogP contribution is 2.42. The standard InChI is InChI=1S/C31H37ClFN5O4/c1-31(2,19-39)38-12-10-36(11-13-38)28-15-22(18-34-30(28)42-5)25-17-23(33)16-24(29(25)41)21-6-7-27(26(32)14-21)37(20-40)9-8-35(3)4/h6-9,14-18,20,39,41H,10-13,19H2,1-5H3/b9-8-. The molecule has 1 amide bonds. The van der Waals surface area contributed by atoms with Gasteiger partial charge in [0.1, 0.15) is 17.3 Å². The third-order valence-electron chi connectivity index (χ3n) is 7.45. The van der Waals surface area contributed by atoms with Crippen LogP contribution in [0.5, 0.6) is 11.6 Å². The molecule has 1 aliphatic heterocycles. The number of aliphatic hydroxyl groups is 1. The lowest BCUT2D eigenvalue weighted by Crippen LogP contribution is -2.56. The summed E-state index contributed by atoms with van der Waals surface area (Å²) in [6.07, 6.45) is 5.46. The van der Waals surface area contributed by atoms with Crippen LogP contribution < -0.4 is 14.5 Å².